The van der Waals surface area contributed by atoms with Gasteiger partial charge in [-0.1, -0.05) is 0 Å². The molecule has 2 aromatic rings. The van der Waals surface area contributed by atoms with Crippen molar-refractivity contribution >= 4 is 23.3 Å². The number of pyridine rings is 1. The number of aliphatic carboxylic acids is 1. The molecule has 104 valence electrons. The Labute approximate surface area is 114 Å². The van der Waals surface area contributed by atoms with Crippen molar-refractivity contribution in [3.8, 4) is 0 Å². The first-order valence-electron chi connectivity index (χ1n) is 6.35. The highest BCUT2D eigenvalue weighted by atomic mass is 16.4. The lowest BCUT2D eigenvalue weighted by molar-refractivity contribution is -0.141. The summed E-state index contributed by atoms with van der Waals surface area (Å²) in [6.07, 6.45) is 5.81. The molecule has 3 heterocycles. The molecule has 0 saturated carbocycles. The van der Waals surface area contributed by atoms with Crippen LogP contribution in [0.1, 0.15) is 6.42 Å². The number of fused-ring (bicyclic) bond motifs is 1. The fraction of sp³-hybridized carbons (Fsp3) is 0.308. The Morgan fingerprint density at radius 3 is 3.00 bits per heavy atom. The van der Waals surface area contributed by atoms with Gasteiger partial charge in [-0.3, -0.25) is 4.79 Å². The van der Waals surface area contributed by atoms with Gasteiger partial charge in [-0.05, 0) is 12.5 Å². The van der Waals surface area contributed by atoms with Crippen molar-refractivity contribution in [2.75, 3.05) is 18.4 Å². The van der Waals surface area contributed by atoms with E-state index in [-0.39, 0.29) is 12.6 Å². The number of nitrogens with one attached hydrogen (secondary N) is 1. The van der Waals surface area contributed by atoms with Gasteiger partial charge >= 0.3 is 12.0 Å². The van der Waals surface area contributed by atoms with E-state index in [4.69, 9.17) is 5.11 Å². The molecule has 1 unspecified atom stereocenters. The lowest BCUT2D eigenvalue weighted by Crippen LogP contribution is -2.33. The van der Waals surface area contributed by atoms with Crippen LogP contribution in [0.4, 0.5) is 10.5 Å². The van der Waals surface area contributed by atoms with E-state index in [0.717, 1.165) is 5.65 Å². The number of aromatic nitrogens is 2. The highest BCUT2D eigenvalue weighted by Gasteiger charge is 2.30. The Balaban J connectivity index is 1.68. The molecule has 1 atom stereocenters. The number of urea groups is 1. The van der Waals surface area contributed by atoms with E-state index in [0.29, 0.717) is 18.7 Å². The first-order chi connectivity index (χ1) is 9.63. The summed E-state index contributed by atoms with van der Waals surface area (Å²) in [4.78, 5) is 28.6. The van der Waals surface area contributed by atoms with Crippen LogP contribution in [0.3, 0.4) is 0 Å². The number of carbonyl (C=O) groups excluding carboxylic acids is 1. The van der Waals surface area contributed by atoms with E-state index in [2.05, 4.69) is 10.3 Å². The first kappa shape index (κ1) is 12.5. The number of hydrogen-bond donors (Lipinski definition) is 2. The molecule has 0 spiro atoms. The summed E-state index contributed by atoms with van der Waals surface area (Å²) in [5, 5.41) is 11.7. The Hall–Kier alpha value is -2.57. The predicted octanol–water partition coefficient (Wildman–Crippen LogP) is 1.27. The van der Waals surface area contributed by atoms with Crippen molar-refractivity contribution in [2.45, 2.75) is 6.42 Å². The van der Waals surface area contributed by atoms with Crippen LogP contribution in [0.25, 0.3) is 5.65 Å². The van der Waals surface area contributed by atoms with E-state index < -0.39 is 11.9 Å². The number of rotatable bonds is 2. The van der Waals surface area contributed by atoms with Crippen molar-refractivity contribution in [2.24, 2.45) is 5.92 Å². The third-order valence-electron chi connectivity index (χ3n) is 3.47. The molecule has 7 nitrogen and oxygen atoms in total. The number of anilines is 1. The number of likely N-dealkylation sites (tertiary alicyclic amines) is 1. The van der Waals surface area contributed by atoms with Crippen molar-refractivity contribution < 1.29 is 14.7 Å². The van der Waals surface area contributed by atoms with E-state index >= 15 is 0 Å². The predicted molar refractivity (Wildman–Crippen MR) is 71.5 cm³/mol. The summed E-state index contributed by atoms with van der Waals surface area (Å²) in [5.41, 5.74) is 1.39. The normalized spacial score (nSPS) is 18.4. The van der Waals surface area contributed by atoms with Gasteiger partial charge in [0.15, 0.2) is 0 Å². The van der Waals surface area contributed by atoms with Crippen LogP contribution in [-0.2, 0) is 4.79 Å². The second-order valence-electron chi connectivity index (χ2n) is 4.81. The van der Waals surface area contributed by atoms with E-state index in [1.54, 1.807) is 18.3 Å². The van der Waals surface area contributed by atoms with Gasteiger partial charge in [-0.25, -0.2) is 9.78 Å². The molecule has 0 aromatic carbocycles. The third kappa shape index (κ3) is 2.29. The van der Waals surface area contributed by atoms with Gasteiger partial charge in [0.05, 0.1) is 5.92 Å². The molecule has 3 rings (SSSR count). The monoisotopic (exact) mass is 274 g/mol. The Morgan fingerprint density at radius 1 is 1.40 bits per heavy atom. The number of amides is 2. The smallest absolute Gasteiger partial charge is 0.321 e. The van der Waals surface area contributed by atoms with Crippen LogP contribution in [-0.4, -0.2) is 44.5 Å². The zero-order valence-electron chi connectivity index (χ0n) is 10.7. The molecule has 7 heteroatoms. The number of carboxylic acids is 1. The quantitative estimate of drug-likeness (QED) is 0.863. The Bertz CT molecular complexity index is 666. The summed E-state index contributed by atoms with van der Waals surface area (Å²) < 4.78 is 1.84. The summed E-state index contributed by atoms with van der Waals surface area (Å²) in [5.74, 6) is -1.31. The number of hydrogen-bond acceptors (Lipinski definition) is 3. The van der Waals surface area contributed by atoms with Crippen LogP contribution in [0.15, 0.2) is 30.7 Å². The summed E-state index contributed by atoms with van der Waals surface area (Å²) in [6.45, 7) is 0.723. The topological polar surface area (TPSA) is 86.9 Å². The molecule has 2 N–H and O–H groups in total. The van der Waals surface area contributed by atoms with Gasteiger partial charge in [0.25, 0.3) is 0 Å². The average Bonchev–Trinajstić information content (AvgIpc) is 3.07. The summed E-state index contributed by atoms with van der Waals surface area (Å²) >= 11 is 0. The van der Waals surface area contributed by atoms with Crippen molar-refractivity contribution in [3.63, 3.8) is 0 Å². The van der Waals surface area contributed by atoms with Gasteiger partial charge in [-0.15, -0.1) is 0 Å². The second kappa shape index (κ2) is 4.84. The fourth-order valence-corrected chi connectivity index (χ4v) is 2.34. The lowest BCUT2D eigenvalue weighted by Gasteiger charge is -2.16. The van der Waals surface area contributed by atoms with Crippen LogP contribution in [0, 0.1) is 5.92 Å². The van der Waals surface area contributed by atoms with Crippen LogP contribution in [0.2, 0.25) is 0 Å². The van der Waals surface area contributed by atoms with Crippen LogP contribution >= 0.6 is 0 Å². The molecular formula is C13H14N4O3. The zero-order valence-corrected chi connectivity index (χ0v) is 10.7. The maximum atomic E-state index is 12.1. The van der Waals surface area contributed by atoms with Crippen LogP contribution in [0.5, 0.6) is 0 Å². The highest BCUT2D eigenvalue weighted by Crippen LogP contribution is 2.18. The second-order valence-corrected chi connectivity index (χ2v) is 4.81. The average molecular weight is 274 g/mol. The SMILES string of the molecule is O=C(O)C1CCN(C(=O)Nc2ccn3ccnc3c2)C1. The van der Waals surface area contributed by atoms with Crippen molar-refractivity contribution in [1.29, 1.82) is 0 Å². The lowest BCUT2D eigenvalue weighted by atomic mass is 10.1. The highest BCUT2D eigenvalue weighted by molar-refractivity contribution is 5.90. The van der Waals surface area contributed by atoms with Gasteiger partial charge in [0.2, 0.25) is 0 Å². The standard InChI is InChI=1S/C13H14N4O3/c18-12(19)9-1-4-17(8-9)13(20)15-10-2-5-16-6-3-14-11(16)7-10/h2-3,5-7,9H,1,4,8H2,(H,15,20)(H,18,19). The van der Waals surface area contributed by atoms with Crippen molar-refractivity contribution in [3.05, 3.63) is 30.7 Å². The molecule has 1 aliphatic heterocycles. The maximum Gasteiger partial charge on any atom is 0.321 e. The summed E-state index contributed by atoms with van der Waals surface area (Å²) in [7, 11) is 0. The van der Waals surface area contributed by atoms with Gasteiger partial charge in [0, 0.05) is 43.4 Å². The molecule has 0 radical (unpaired) electrons. The number of imidazole rings is 1. The zero-order chi connectivity index (χ0) is 14.1. The number of nitrogens with zero attached hydrogens (tertiary/aromatic N) is 3. The third-order valence-corrected chi connectivity index (χ3v) is 3.47. The minimum atomic E-state index is -0.848. The minimum Gasteiger partial charge on any atom is -0.481 e. The minimum absolute atomic E-state index is 0.257. The van der Waals surface area contributed by atoms with Gasteiger partial charge < -0.3 is 19.7 Å². The number of carbonyl (C=O) groups is 2. The fourth-order valence-electron chi connectivity index (χ4n) is 2.34. The van der Waals surface area contributed by atoms with E-state index in [1.807, 2.05) is 16.8 Å². The van der Waals surface area contributed by atoms with E-state index in [1.165, 1.54) is 4.90 Å². The maximum absolute atomic E-state index is 12.1. The molecule has 0 bridgehead atoms. The Morgan fingerprint density at radius 2 is 2.25 bits per heavy atom. The molecule has 2 aromatic heterocycles. The largest absolute Gasteiger partial charge is 0.481 e. The Kier molecular flexibility index (Phi) is 3.02. The molecule has 1 fully saturated rings. The van der Waals surface area contributed by atoms with Crippen LogP contribution < -0.4 is 5.32 Å². The molecule has 1 aliphatic rings. The molecule has 2 amide bonds. The first-order valence-corrected chi connectivity index (χ1v) is 6.35. The van der Waals surface area contributed by atoms with Gasteiger partial charge in [0.1, 0.15) is 5.65 Å². The van der Waals surface area contributed by atoms with Crippen molar-refractivity contribution in [1.82, 2.24) is 14.3 Å². The van der Waals surface area contributed by atoms with E-state index in [9.17, 15) is 9.59 Å². The molecule has 20 heavy (non-hydrogen) atoms. The molecule has 1 saturated heterocycles. The van der Waals surface area contributed by atoms with Gasteiger partial charge in [-0.2, -0.15) is 0 Å². The molecular weight excluding hydrogens is 260 g/mol. The number of carboxylic acid groups (broad SMARTS) is 1. The molecule has 0 aliphatic carbocycles. The summed E-state index contributed by atoms with van der Waals surface area (Å²) in [6, 6.07) is 3.27.